The molecular weight excluding hydrogens is 398 g/mol. The van der Waals surface area contributed by atoms with Gasteiger partial charge >= 0.3 is 0 Å². The van der Waals surface area contributed by atoms with Gasteiger partial charge in [0.1, 0.15) is 0 Å². The van der Waals surface area contributed by atoms with Crippen molar-refractivity contribution in [3.05, 3.63) is 65.7 Å². The second kappa shape index (κ2) is 9.73. The van der Waals surface area contributed by atoms with Crippen LogP contribution in [0.4, 0.5) is 0 Å². The van der Waals surface area contributed by atoms with Gasteiger partial charge in [0.15, 0.2) is 0 Å². The van der Waals surface area contributed by atoms with Crippen LogP contribution in [0.2, 0.25) is 0 Å². The zero-order chi connectivity index (χ0) is 21.7. The summed E-state index contributed by atoms with van der Waals surface area (Å²) in [4.78, 5) is 15.2. The maximum Gasteiger partial charge on any atom is 0.243 e. The van der Waals surface area contributed by atoms with Crippen LogP contribution in [0.5, 0.6) is 0 Å². The number of nitrogens with zero attached hydrogens (tertiary/aromatic N) is 2. The topological polar surface area (TPSA) is 69.7 Å². The van der Waals surface area contributed by atoms with Crippen LogP contribution in [0.15, 0.2) is 59.5 Å². The maximum atomic E-state index is 13.0. The molecule has 1 aliphatic heterocycles. The Morgan fingerprint density at radius 2 is 1.60 bits per heavy atom. The van der Waals surface area contributed by atoms with Crippen molar-refractivity contribution < 1.29 is 13.2 Å². The van der Waals surface area contributed by atoms with Gasteiger partial charge in [-0.3, -0.25) is 9.69 Å². The predicted octanol–water partition coefficient (Wildman–Crippen LogP) is 2.96. The third-order valence-electron chi connectivity index (χ3n) is 5.73. The Kier molecular flexibility index (Phi) is 7.28. The van der Waals surface area contributed by atoms with Crippen molar-refractivity contribution in [1.29, 1.82) is 0 Å². The van der Waals surface area contributed by atoms with Crippen molar-refractivity contribution in [2.24, 2.45) is 0 Å². The number of carbonyl (C=O) groups excluding carboxylic acids is 1. The minimum atomic E-state index is -3.52. The van der Waals surface area contributed by atoms with E-state index in [1.165, 1.54) is 4.31 Å². The molecular formula is C23H31N3O3S. The molecule has 3 rings (SSSR count). The second-order valence-electron chi connectivity index (χ2n) is 7.92. The Balaban J connectivity index is 1.61. The highest BCUT2D eigenvalue weighted by molar-refractivity contribution is 7.89. The number of sulfonamides is 1. The molecule has 2 atom stereocenters. The smallest absolute Gasteiger partial charge is 0.243 e. The fourth-order valence-corrected chi connectivity index (χ4v) is 5.20. The molecule has 0 saturated carbocycles. The van der Waals surface area contributed by atoms with Crippen LogP contribution in [0, 0.1) is 6.92 Å². The van der Waals surface area contributed by atoms with E-state index in [0.717, 1.165) is 11.1 Å². The van der Waals surface area contributed by atoms with Gasteiger partial charge in [-0.15, -0.1) is 0 Å². The first-order valence-electron chi connectivity index (χ1n) is 10.5. The zero-order valence-electron chi connectivity index (χ0n) is 17.9. The molecule has 1 aliphatic rings. The molecule has 6 nitrogen and oxygen atoms in total. The average molecular weight is 430 g/mol. The minimum absolute atomic E-state index is 0.0406. The van der Waals surface area contributed by atoms with Crippen LogP contribution in [-0.4, -0.2) is 55.8 Å². The van der Waals surface area contributed by atoms with Crippen molar-refractivity contribution in [2.75, 3.05) is 26.2 Å². The standard InChI is InChI=1S/C23H31N3O3S/c1-18-10-12-22(13-11-18)30(28,29)26-15-7-14-25(16-17-26)20(3)23(27)24-19(2)21-8-5-4-6-9-21/h4-6,8-13,19-20H,7,14-17H2,1-3H3,(H,24,27)/t19-,20-/m1/s1. The lowest BCUT2D eigenvalue weighted by Crippen LogP contribution is -2.47. The van der Waals surface area contributed by atoms with E-state index in [1.54, 1.807) is 12.1 Å². The number of carbonyl (C=O) groups is 1. The highest BCUT2D eigenvalue weighted by atomic mass is 32.2. The quantitative estimate of drug-likeness (QED) is 0.767. The third kappa shape index (κ3) is 5.28. The lowest BCUT2D eigenvalue weighted by molar-refractivity contribution is -0.126. The number of nitrogens with one attached hydrogen (secondary N) is 1. The van der Waals surface area contributed by atoms with Crippen LogP contribution >= 0.6 is 0 Å². The number of amides is 1. The first kappa shape index (κ1) is 22.5. The summed E-state index contributed by atoms with van der Waals surface area (Å²) in [6.07, 6.45) is 0.691. The normalized spacial score (nSPS) is 18.4. The lowest BCUT2D eigenvalue weighted by atomic mass is 10.1. The molecule has 0 bridgehead atoms. The molecule has 7 heteroatoms. The van der Waals surface area contributed by atoms with E-state index in [0.29, 0.717) is 37.5 Å². The van der Waals surface area contributed by atoms with Gasteiger partial charge in [-0.1, -0.05) is 48.0 Å². The van der Waals surface area contributed by atoms with Gasteiger partial charge in [-0.2, -0.15) is 4.31 Å². The largest absolute Gasteiger partial charge is 0.348 e. The molecule has 1 N–H and O–H groups in total. The Labute approximate surface area is 179 Å². The molecule has 30 heavy (non-hydrogen) atoms. The third-order valence-corrected chi connectivity index (χ3v) is 7.65. The number of aryl methyl sites for hydroxylation is 1. The Bertz CT molecular complexity index is 945. The van der Waals surface area contributed by atoms with E-state index in [4.69, 9.17) is 0 Å². The van der Waals surface area contributed by atoms with Crippen LogP contribution in [0.1, 0.15) is 37.4 Å². The van der Waals surface area contributed by atoms with Crippen molar-refractivity contribution in [3.8, 4) is 0 Å². The highest BCUT2D eigenvalue weighted by Gasteiger charge is 2.30. The first-order valence-corrected chi connectivity index (χ1v) is 11.9. The zero-order valence-corrected chi connectivity index (χ0v) is 18.7. The van der Waals surface area contributed by atoms with Crippen molar-refractivity contribution >= 4 is 15.9 Å². The highest BCUT2D eigenvalue weighted by Crippen LogP contribution is 2.19. The number of benzene rings is 2. The number of hydrogen-bond donors (Lipinski definition) is 1. The summed E-state index contributed by atoms with van der Waals surface area (Å²) in [7, 11) is -3.52. The van der Waals surface area contributed by atoms with Gasteiger partial charge in [0.05, 0.1) is 17.0 Å². The van der Waals surface area contributed by atoms with E-state index in [-0.39, 0.29) is 18.0 Å². The molecule has 0 radical (unpaired) electrons. The summed E-state index contributed by atoms with van der Waals surface area (Å²) in [6, 6.07) is 16.4. The summed E-state index contributed by atoms with van der Waals surface area (Å²) in [5, 5.41) is 3.07. The Morgan fingerprint density at radius 3 is 2.27 bits per heavy atom. The second-order valence-corrected chi connectivity index (χ2v) is 9.86. The van der Waals surface area contributed by atoms with Crippen LogP contribution in [-0.2, 0) is 14.8 Å². The summed E-state index contributed by atoms with van der Waals surface area (Å²) >= 11 is 0. The maximum absolute atomic E-state index is 13.0. The summed E-state index contributed by atoms with van der Waals surface area (Å²) in [5.41, 5.74) is 2.09. The fourth-order valence-electron chi connectivity index (χ4n) is 3.73. The summed E-state index contributed by atoms with van der Waals surface area (Å²) in [6.45, 7) is 7.85. The number of rotatable bonds is 6. The van der Waals surface area contributed by atoms with Crippen LogP contribution in [0.3, 0.4) is 0 Å². The van der Waals surface area contributed by atoms with Crippen molar-refractivity contribution in [1.82, 2.24) is 14.5 Å². The summed E-state index contributed by atoms with van der Waals surface area (Å²) in [5.74, 6) is -0.0406. The summed E-state index contributed by atoms with van der Waals surface area (Å²) < 4.78 is 27.5. The van der Waals surface area contributed by atoms with Crippen molar-refractivity contribution in [2.45, 2.75) is 44.2 Å². The molecule has 1 fully saturated rings. The first-order chi connectivity index (χ1) is 14.3. The van der Waals surface area contributed by atoms with E-state index in [9.17, 15) is 13.2 Å². The predicted molar refractivity (Wildman–Crippen MR) is 119 cm³/mol. The molecule has 0 aliphatic carbocycles. The van der Waals surface area contributed by atoms with Crippen LogP contribution in [0.25, 0.3) is 0 Å². The Hall–Kier alpha value is -2.22. The van der Waals surface area contributed by atoms with Gasteiger partial charge in [-0.05, 0) is 44.9 Å². The van der Waals surface area contributed by atoms with Crippen molar-refractivity contribution in [3.63, 3.8) is 0 Å². The molecule has 1 heterocycles. The molecule has 162 valence electrons. The Morgan fingerprint density at radius 1 is 0.933 bits per heavy atom. The van der Waals surface area contributed by atoms with Gasteiger partial charge in [-0.25, -0.2) is 8.42 Å². The molecule has 2 aromatic rings. The van der Waals surface area contributed by atoms with E-state index in [2.05, 4.69) is 10.2 Å². The average Bonchev–Trinajstić information content (AvgIpc) is 3.01. The minimum Gasteiger partial charge on any atom is -0.348 e. The fraction of sp³-hybridized carbons (Fsp3) is 0.435. The lowest BCUT2D eigenvalue weighted by Gasteiger charge is -2.28. The molecule has 0 spiro atoms. The van der Waals surface area contributed by atoms with Gasteiger partial charge in [0.25, 0.3) is 0 Å². The SMILES string of the molecule is Cc1ccc(S(=O)(=O)N2CCCN([C@H](C)C(=O)N[C@H](C)c3ccccc3)CC2)cc1. The number of hydrogen-bond acceptors (Lipinski definition) is 4. The van der Waals surface area contributed by atoms with E-state index >= 15 is 0 Å². The van der Waals surface area contributed by atoms with E-state index < -0.39 is 10.0 Å². The molecule has 1 amide bonds. The van der Waals surface area contributed by atoms with Gasteiger partial charge in [0, 0.05) is 26.2 Å². The molecule has 0 unspecified atom stereocenters. The molecule has 2 aromatic carbocycles. The molecule has 1 saturated heterocycles. The monoisotopic (exact) mass is 429 g/mol. The van der Waals surface area contributed by atoms with Crippen LogP contribution < -0.4 is 5.32 Å². The van der Waals surface area contributed by atoms with E-state index in [1.807, 2.05) is 63.2 Å². The molecule has 0 aromatic heterocycles. The van der Waals surface area contributed by atoms with Gasteiger partial charge < -0.3 is 5.32 Å². The van der Waals surface area contributed by atoms with Gasteiger partial charge in [0.2, 0.25) is 15.9 Å².